The van der Waals surface area contributed by atoms with Gasteiger partial charge in [-0.05, 0) is 18.6 Å². The first kappa shape index (κ1) is 12.5. The SMILES string of the molecule is Cc1c(C#N)cc(S(N)(=O)=O)nc1C(F)F. The van der Waals surface area contributed by atoms with Crippen molar-refractivity contribution >= 4 is 10.0 Å². The standard InChI is InChI=1S/C8H7F2N3O2S/c1-4-5(3-11)2-6(16(12,14)15)13-7(4)8(9)10/h2,8H,1H3,(H2,12,14,15). The topological polar surface area (TPSA) is 96.8 Å². The maximum Gasteiger partial charge on any atom is 0.280 e. The smallest absolute Gasteiger partial charge is 0.234 e. The molecule has 0 spiro atoms. The Morgan fingerprint density at radius 2 is 2.12 bits per heavy atom. The third-order valence-electron chi connectivity index (χ3n) is 1.91. The number of primary sulfonamides is 1. The Morgan fingerprint density at radius 3 is 2.50 bits per heavy atom. The minimum atomic E-state index is -4.20. The summed E-state index contributed by atoms with van der Waals surface area (Å²) < 4.78 is 46.9. The Labute approximate surface area is 90.6 Å². The molecule has 1 heterocycles. The van der Waals surface area contributed by atoms with Gasteiger partial charge in [-0.2, -0.15) is 5.26 Å². The zero-order valence-corrected chi connectivity index (χ0v) is 8.92. The molecule has 86 valence electrons. The number of aromatic nitrogens is 1. The molecule has 0 saturated carbocycles. The highest BCUT2D eigenvalue weighted by Gasteiger charge is 2.20. The number of alkyl halides is 2. The van der Waals surface area contributed by atoms with Crippen molar-refractivity contribution in [1.82, 2.24) is 4.98 Å². The second-order valence-electron chi connectivity index (χ2n) is 2.98. The van der Waals surface area contributed by atoms with E-state index in [1.54, 1.807) is 6.07 Å². The second-order valence-corrected chi connectivity index (χ2v) is 4.48. The maximum absolute atomic E-state index is 12.5. The highest BCUT2D eigenvalue weighted by atomic mass is 32.2. The first-order valence-electron chi connectivity index (χ1n) is 4.00. The molecule has 0 unspecified atom stereocenters. The van der Waals surface area contributed by atoms with Crippen LogP contribution in [0.3, 0.4) is 0 Å². The van der Waals surface area contributed by atoms with Gasteiger partial charge < -0.3 is 0 Å². The van der Waals surface area contributed by atoms with Crippen molar-refractivity contribution in [1.29, 1.82) is 5.26 Å². The fraction of sp³-hybridized carbons (Fsp3) is 0.250. The molecule has 0 aliphatic rings. The largest absolute Gasteiger partial charge is 0.280 e. The molecule has 0 saturated heterocycles. The number of hydrogen-bond acceptors (Lipinski definition) is 4. The maximum atomic E-state index is 12.5. The first-order chi connectivity index (χ1) is 7.27. The van der Waals surface area contributed by atoms with Crippen LogP contribution in [0.1, 0.15) is 23.2 Å². The molecule has 1 aromatic rings. The van der Waals surface area contributed by atoms with Gasteiger partial charge in [0.2, 0.25) is 0 Å². The average Bonchev–Trinajstić information content (AvgIpc) is 2.15. The van der Waals surface area contributed by atoms with Gasteiger partial charge in [-0.25, -0.2) is 27.3 Å². The van der Waals surface area contributed by atoms with E-state index in [2.05, 4.69) is 4.98 Å². The summed E-state index contributed by atoms with van der Waals surface area (Å²) in [6.07, 6.45) is -2.96. The molecular weight excluding hydrogens is 240 g/mol. The van der Waals surface area contributed by atoms with E-state index < -0.39 is 27.2 Å². The predicted molar refractivity (Wildman–Crippen MR) is 50.0 cm³/mol. The molecular formula is C8H7F2N3O2S. The van der Waals surface area contributed by atoms with Crippen LogP contribution in [-0.2, 0) is 10.0 Å². The number of pyridine rings is 1. The van der Waals surface area contributed by atoms with Crippen LogP contribution >= 0.6 is 0 Å². The van der Waals surface area contributed by atoms with Gasteiger partial charge in [-0.3, -0.25) is 0 Å². The van der Waals surface area contributed by atoms with E-state index in [0.717, 1.165) is 6.07 Å². The van der Waals surface area contributed by atoms with Gasteiger partial charge >= 0.3 is 0 Å². The van der Waals surface area contributed by atoms with E-state index >= 15 is 0 Å². The summed E-state index contributed by atoms with van der Waals surface area (Å²) in [6.45, 7) is 1.26. The molecule has 0 radical (unpaired) electrons. The quantitative estimate of drug-likeness (QED) is 0.837. The number of nitrogens with zero attached hydrogens (tertiary/aromatic N) is 2. The lowest BCUT2D eigenvalue weighted by molar-refractivity contribution is 0.144. The van der Waals surface area contributed by atoms with Gasteiger partial charge in [-0.1, -0.05) is 0 Å². The van der Waals surface area contributed by atoms with Crippen molar-refractivity contribution in [2.75, 3.05) is 0 Å². The zero-order chi connectivity index (χ0) is 12.5. The average molecular weight is 247 g/mol. The molecule has 0 fully saturated rings. The lowest BCUT2D eigenvalue weighted by Gasteiger charge is -2.07. The van der Waals surface area contributed by atoms with Gasteiger partial charge in [-0.15, -0.1) is 0 Å². The lowest BCUT2D eigenvalue weighted by atomic mass is 10.1. The van der Waals surface area contributed by atoms with Crippen LogP contribution in [0.2, 0.25) is 0 Å². The summed E-state index contributed by atoms with van der Waals surface area (Å²) in [5.41, 5.74) is -0.984. The van der Waals surface area contributed by atoms with Crippen molar-refractivity contribution in [2.45, 2.75) is 18.4 Å². The third-order valence-corrected chi connectivity index (χ3v) is 2.70. The number of halogens is 2. The molecule has 1 rings (SSSR count). The molecule has 0 bridgehead atoms. The predicted octanol–water partition coefficient (Wildman–Crippen LogP) is 0.847. The van der Waals surface area contributed by atoms with E-state index in [1.807, 2.05) is 0 Å². The van der Waals surface area contributed by atoms with Crippen LogP contribution in [0.4, 0.5) is 8.78 Å². The Balaban J connectivity index is 3.61. The summed E-state index contributed by atoms with van der Waals surface area (Å²) in [5, 5.41) is 12.7. The molecule has 0 aliphatic carbocycles. The number of nitriles is 1. The molecule has 0 amide bonds. The summed E-state index contributed by atoms with van der Waals surface area (Å²) >= 11 is 0. The number of nitrogens with two attached hydrogens (primary N) is 1. The molecule has 0 atom stereocenters. The van der Waals surface area contributed by atoms with Gasteiger partial charge in [0, 0.05) is 0 Å². The molecule has 2 N–H and O–H groups in total. The highest BCUT2D eigenvalue weighted by molar-refractivity contribution is 7.89. The molecule has 8 heteroatoms. The van der Waals surface area contributed by atoms with Gasteiger partial charge in [0.05, 0.1) is 11.6 Å². The molecule has 5 nitrogen and oxygen atoms in total. The number of hydrogen-bond donors (Lipinski definition) is 1. The van der Waals surface area contributed by atoms with Crippen LogP contribution in [0.15, 0.2) is 11.1 Å². The summed E-state index contributed by atoms with van der Waals surface area (Å²) in [6, 6.07) is 2.48. The van der Waals surface area contributed by atoms with Crippen LogP contribution in [0.25, 0.3) is 0 Å². The van der Waals surface area contributed by atoms with E-state index in [4.69, 9.17) is 10.4 Å². The molecule has 0 aromatic carbocycles. The minimum Gasteiger partial charge on any atom is -0.234 e. The van der Waals surface area contributed by atoms with Gasteiger partial charge in [0.25, 0.3) is 16.4 Å². The summed E-state index contributed by atoms with van der Waals surface area (Å²) in [5.74, 6) is 0. The third kappa shape index (κ3) is 2.32. The van der Waals surface area contributed by atoms with E-state index in [0.29, 0.717) is 0 Å². The van der Waals surface area contributed by atoms with E-state index in [9.17, 15) is 17.2 Å². The summed E-state index contributed by atoms with van der Waals surface area (Å²) in [4.78, 5) is 3.24. The Morgan fingerprint density at radius 1 is 1.56 bits per heavy atom. The molecule has 1 aromatic heterocycles. The van der Waals surface area contributed by atoms with Crippen LogP contribution < -0.4 is 5.14 Å². The number of rotatable bonds is 2. The Kier molecular flexibility index (Phi) is 3.21. The van der Waals surface area contributed by atoms with Crippen LogP contribution in [0, 0.1) is 18.3 Å². The Hall–Kier alpha value is -1.59. The lowest BCUT2D eigenvalue weighted by Crippen LogP contribution is -2.16. The second kappa shape index (κ2) is 4.11. The fourth-order valence-electron chi connectivity index (χ4n) is 1.08. The monoisotopic (exact) mass is 247 g/mol. The Bertz CT molecular complexity index is 563. The van der Waals surface area contributed by atoms with Crippen molar-refractivity contribution in [3.63, 3.8) is 0 Å². The van der Waals surface area contributed by atoms with Crippen molar-refractivity contribution < 1.29 is 17.2 Å². The molecule has 16 heavy (non-hydrogen) atoms. The van der Waals surface area contributed by atoms with E-state index in [1.165, 1.54) is 6.92 Å². The van der Waals surface area contributed by atoms with Crippen molar-refractivity contribution in [2.24, 2.45) is 5.14 Å². The first-order valence-corrected chi connectivity index (χ1v) is 5.54. The van der Waals surface area contributed by atoms with Crippen molar-refractivity contribution in [3.8, 4) is 6.07 Å². The van der Waals surface area contributed by atoms with Gasteiger partial charge in [0.1, 0.15) is 5.69 Å². The minimum absolute atomic E-state index is 0.0510. The van der Waals surface area contributed by atoms with Crippen LogP contribution in [0.5, 0.6) is 0 Å². The van der Waals surface area contributed by atoms with E-state index in [-0.39, 0.29) is 11.1 Å². The normalized spacial score (nSPS) is 11.5. The highest BCUT2D eigenvalue weighted by Crippen LogP contribution is 2.24. The molecule has 0 aliphatic heterocycles. The fourth-order valence-corrected chi connectivity index (χ4v) is 1.59. The summed E-state index contributed by atoms with van der Waals surface area (Å²) in [7, 11) is -4.20. The number of sulfonamides is 1. The van der Waals surface area contributed by atoms with Gasteiger partial charge in [0.15, 0.2) is 5.03 Å². The van der Waals surface area contributed by atoms with Crippen LogP contribution in [-0.4, -0.2) is 13.4 Å². The van der Waals surface area contributed by atoms with Crippen molar-refractivity contribution in [3.05, 3.63) is 22.9 Å². The zero-order valence-electron chi connectivity index (χ0n) is 8.11.